The van der Waals surface area contributed by atoms with Crippen LogP contribution in [0.5, 0.6) is 0 Å². The third-order valence-corrected chi connectivity index (χ3v) is 7.36. The van der Waals surface area contributed by atoms with E-state index in [2.05, 4.69) is 10.3 Å². The number of aromatic carboxylic acids is 1. The van der Waals surface area contributed by atoms with Crippen LogP contribution in [-0.2, 0) is 26.1 Å². The number of halogens is 1. The Morgan fingerprint density at radius 1 is 1.28 bits per heavy atom. The number of pyridine rings is 1. The lowest BCUT2D eigenvalue weighted by atomic mass is 10.0. The number of carboxylic acid groups (broad SMARTS) is 1. The topological polar surface area (TPSA) is 128 Å². The molecule has 0 aliphatic carbocycles. The molecule has 0 aliphatic heterocycles. The number of fused-ring (bicyclic) bond motifs is 1. The molecule has 3 rings (SSSR count). The maximum atomic E-state index is 14.9. The van der Waals surface area contributed by atoms with Gasteiger partial charge in [0.2, 0.25) is 0 Å². The Kier molecular flexibility index (Phi) is 7.97. The van der Waals surface area contributed by atoms with E-state index in [0.717, 1.165) is 21.9 Å². The third kappa shape index (κ3) is 5.80. The van der Waals surface area contributed by atoms with Gasteiger partial charge in [0, 0.05) is 29.6 Å². The molecular formula is C25H30FN3O6S. The Bertz CT molecular complexity index is 1380. The summed E-state index contributed by atoms with van der Waals surface area (Å²) >= 11 is 0. The van der Waals surface area contributed by atoms with Crippen molar-refractivity contribution in [1.82, 2.24) is 14.3 Å². The number of carboxylic acids is 1. The summed E-state index contributed by atoms with van der Waals surface area (Å²) in [5.41, 5.74) is -0.314. The Morgan fingerprint density at radius 2 is 1.92 bits per heavy atom. The van der Waals surface area contributed by atoms with Gasteiger partial charge >= 0.3 is 5.97 Å². The zero-order valence-electron chi connectivity index (χ0n) is 20.8. The minimum atomic E-state index is -4.22. The number of carbonyl (C=O) groups excluding carboxylic acids is 1. The minimum Gasteiger partial charge on any atom is -0.478 e. The van der Waals surface area contributed by atoms with E-state index in [1.54, 1.807) is 26.0 Å². The molecule has 9 nitrogen and oxygen atoms in total. The van der Waals surface area contributed by atoms with Gasteiger partial charge in [-0.15, -0.1) is 0 Å². The summed E-state index contributed by atoms with van der Waals surface area (Å²) in [6.07, 6.45) is 2.45. The summed E-state index contributed by atoms with van der Waals surface area (Å²) in [6, 6.07) is 5.31. The number of aldehydes is 1. The van der Waals surface area contributed by atoms with Gasteiger partial charge in [-0.1, -0.05) is 24.6 Å². The van der Waals surface area contributed by atoms with E-state index in [0.29, 0.717) is 6.29 Å². The number of nitrogens with one attached hydrogen (secondary N) is 1. The quantitative estimate of drug-likeness (QED) is 0.390. The van der Waals surface area contributed by atoms with Gasteiger partial charge in [0.25, 0.3) is 10.0 Å². The predicted octanol–water partition coefficient (Wildman–Crippen LogP) is 3.53. The number of ether oxygens (including phenoxy) is 1. The van der Waals surface area contributed by atoms with E-state index in [4.69, 9.17) is 4.74 Å². The van der Waals surface area contributed by atoms with Gasteiger partial charge in [0.05, 0.1) is 34.9 Å². The fourth-order valence-corrected chi connectivity index (χ4v) is 4.96. The standard InChI is InChI=1S/C25H30FN3O6S/c1-15-6-8-17(9-7-15)36(33,34)29-12-19(24(31)32)22-18(20(26)11-28-23(22)29)10-27-21(13-30)16(2)14-35-25(3,4)5/h6-9,11-13,16,21,27H,10,14H2,1-5H3,(H,31,32). The van der Waals surface area contributed by atoms with Crippen molar-refractivity contribution in [2.24, 2.45) is 5.92 Å². The summed E-state index contributed by atoms with van der Waals surface area (Å²) < 4.78 is 48.0. The van der Waals surface area contributed by atoms with Crippen LogP contribution in [0.25, 0.3) is 11.0 Å². The van der Waals surface area contributed by atoms with Crippen molar-refractivity contribution >= 4 is 33.3 Å². The van der Waals surface area contributed by atoms with Crippen LogP contribution in [0.1, 0.15) is 49.2 Å². The van der Waals surface area contributed by atoms with Crippen LogP contribution in [0.2, 0.25) is 0 Å². The zero-order chi connectivity index (χ0) is 26.8. The molecule has 11 heteroatoms. The molecule has 0 radical (unpaired) electrons. The predicted molar refractivity (Wildman–Crippen MR) is 132 cm³/mol. The largest absolute Gasteiger partial charge is 0.478 e. The molecule has 2 N–H and O–H groups in total. The lowest BCUT2D eigenvalue weighted by Crippen LogP contribution is -2.39. The van der Waals surface area contributed by atoms with E-state index in [1.165, 1.54) is 12.1 Å². The highest BCUT2D eigenvalue weighted by atomic mass is 32.2. The van der Waals surface area contributed by atoms with Gasteiger partial charge in [-0.25, -0.2) is 26.6 Å². The summed E-state index contributed by atoms with van der Waals surface area (Å²) in [4.78, 5) is 27.6. The SMILES string of the molecule is Cc1ccc(S(=O)(=O)n2cc(C(=O)O)c3c(CNC(C=O)C(C)COC(C)(C)C)c(F)cnc32)cc1. The van der Waals surface area contributed by atoms with Gasteiger partial charge in [0.1, 0.15) is 12.1 Å². The van der Waals surface area contributed by atoms with Crippen molar-refractivity contribution in [3.63, 3.8) is 0 Å². The molecule has 0 saturated carbocycles. The average Bonchev–Trinajstić information content (AvgIpc) is 3.20. The number of hydrogen-bond donors (Lipinski definition) is 2. The molecule has 2 atom stereocenters. The highest BCUT2D eigenvalue weighted by Gasteiger charge is 2.28. The smallest absolute Gasteiger partial charge is 0.337 e. The lowest BCUT2D eigenvalue weighted by Gasteiger charge is -2.26. The summed E-state index contributed by atoms with van der Waals surface area (Å²) in [5.74, 6) is -2.54. The van der Waals surface area contributed by atoms with Gasteiger partial charge in [-0.2, -0.15) is 0 Å². The van der Waals surface area contributed by atoms with Crippen molar-refractivity contribution in [2.45, 2.75) is 57.7 Å². The van der Waals surface area contributed by atoms with E-state index in [-0.39, 0.29) is 40.6 Å². The second kappa shape index (κ2) is 10.5. The molecule has 1 aromatic carbocycles. The van der Waals surface area contributed by atoms with Crippen molar-refractivity contribution in [2.75, 3.05) is 6.61 Å². The molecule has 0 spiro atoms. The molecule has 2 heterocycles. The number of carbonyl (C=O) groups is 2. The van der Waals surface area contributed by atoms with Crippen LogP contribution >= 0.6 is 0 Å². The summed E-state index contributed by atoms with van der Waals surface area (Å²) in [5, 5.41) is 12.6. The fourth-order valence-electron chi connectivity index (χ4n) is 3.64. The normalized spacial score (nSPS) is 14.1. The van der Waals surface area contributed by atoms with E-state index >= 15 is 0 Å². The first-order valence-electron chi connectivity index (χ1n) is 11.3. The molecule has 0 aliphatic rings. The van der Waals surface area contributed by atoms with Gasteiger partial charge < -0.3 is 20.0 Å². The molecule has 3 aromatic rings. The Balaban J connectivity index is 2.04. The van der Waals surface area contributed by atoms with Gasteiger partial charge in [0.15, 0.2) is 5.65 Å². The van der Waals surface area contributed by atoms with Crippen LogP contribution in [0.15, 0.2) is 41.6 Å². The second-order valence-electron chi connectivity index (χ2n) is 9.69. The van der Waals surface area contributed by atoms with Crippen LogP contribution in [0.3, 0.4) is 0 Å². The average molecular weight is 520 g/mol. The summed E-state index contributed by atoms with van der Waals surface area (Å²) in [7, 11) is -4.22. The first-order chi connectivity index (χ1) is 16.8. The maximum absolute atomic E-state index is 14.9. The fraction of sp³-hybridized carbons (Fsp3) is 0.400. The lowest BCUT2D eigenvalue weighted by molar-refractivity contribution is -0.112. The van der Waals surface area contributed by atoms with E-state index in [9.17, 15) is 27.5 Å². The summed E-state index contributed by atoms with van der Waals surface area (Å²) in [6.45, 7) is 9.28. The highest BCUT2D eigenvalue weighted by molar-refractivity contribution is 7.90. The Hall–Kier alpha value is -3.15. The zero-order valence-corrected chi connectivity index (χ0v) is 21.6. The molecule has 0 amide bonds. The molecule has 2 aromatic heterocycles. The number of benzene rings is 1. The van der Waals surface area contributed by atoms with Crippen LogP contribution in [0.4, 0.5) is 4.39 Å². The number of hydrogen-bond acceptors (Lipinski definition) is 7. The van der Waals surface area contributed by atoms with E-state index < -0.39 is 39.0 Å². The van der Waals surface area contributed by atoms with Crippen molar-refractivity contribution < 1.29 is 32.2 Å². The van der Waals surface area contributed by atoms with Gasteiger partial charge in [-0.05, 0) is 39.8 Å². The molecular weight excluding hydrogens is 489 g/mol. The van der Waals surface area contributed by atoms with Crippen LogP contribution in [-0.4, -0.2) is 53.0 Å². The number of aromatic nitrogens is 2. The first kappa shape index (κ1) is 27.4. The van der Waals surface area contributed by atoms with Crippen molar-refractivity contribution in [3.05, 3.63) is 59.2 Å². The minimum absolute atomic E-state index is 0.0681. The number of nitrogens with zero attached hydrogens (tertiary/aromatic N) is 2. The molecule has 0 bridgehead atoms. The van der Waals surface area contributed by atoms with E-state index in [1.807, 2.05) is 20.8 Å². The molecule has 0 fully saturated rings. The molecule has 194 valence electrons. The number of rotatable bonds is 10. The third-order valence-electron chi connectivity index (χ3n) is 5.70. The first-order valence-corrected chi connectivity index (χ1v) is 12.8. The Morgan fingerprint density at radius 3 is 2.47 bits per heavy atom. The maximum Gasteiger partial charge on any atom is 0.337 e. The van der Waals surface area contributed by atoms with Crippen LogP contribution < -0.4 is 5.32 Å². The molecule has 0 saturated heterocycles. The molecule has 36 heavy (non-hydrogen) atoms. The molecule has 2 unspecified atom stereocenters. The monoisotopic (exact) mass is 519 g/mol. The van der Waals surface area contributed by atoms with Crippen molar-refractivity contribution in [1.29, 1.82) is 0 Å². The Labute approximate surface area is 209 Å². The van der Waals surface area contributed by atoms with Crippen LogP contribution in [0, 0.1) is 18.7 Å². The van der Waals surface area contributed by atoms with Crippen molar-refractivity contribution in [3.8, 4) is 0 Å². The second-order valence-corrected chi connectivity index (χ2v) is 11.5. The number of aryl methyl sites for hydroxylation is 1. The van der Waals surface area contributed by atoms with Gasteiger partial charge in [-0.3, -0.25) is 0 Å². The highest BCUT2D eigenvalue weighted by Crippen LogP contribution is 2.29.